The second kappa shape index (κ2) is 4.05. The predicted molar refractivity (Wildman–Crippen MR) is 68.7 cm³/mol. The summed E-state index contributed by atoms with van der Waals surface area (Å²) in [7, 11) is 0. The van der Waals surface area contributed by atoms with E-state index in [0.717, 1.165) is 19.3 Å². The molecule has 2 nitrogen and oxygen atoms in total. The molecule has 2 aliphatic rings. The fourth-order valence-electron chi connectivity index (χ4n) is 2.87. The normalized spacial score (nSPS) is 20.7. The van der Waals surface area contributed by atoms with Crippen molar-refractivity contribution < 1.29 is 9.90 Å². The maximum atomic E-state index is 11.0. The van der Waals surface area contributed by atoms with Gasteiger partial charge >= 0.3 is 5.97 Å². The van der Waals surface area contributed by atoms with Crippen LogP contribution in [0.5, 0.6) is 0 Å². The fraction of sp³-hybridized carbons (Fsp3) is 0.500. The molecule has 3 heteroatoms. The Labute approximate surface area is 105 Å². The van der Waals surface area contributed by atoms with Crippen LogP contribution in [0.15, 0.2) is 23.1 Å². The Morgan fingerprint density at radius 1 is 1.41 bits per heavy atom. The van der Waals surface area contributed by atoms with E-state index in [9.17, 15) is 4.79 Å². The summed E-state index contributed by atoms with van der Waals surface area (Å²) < 4.78 is 0. The van der Waals surface area contributed by atoms with Gasteiger partial charge in [0.15, 0.2) is 0 Å². The number of carboxylic acid groups (broad SMARTS) is 1. The monoisotopic (exact) mass is 248 g/mol. The summed E-state index contributed by atoms with van der Waals surface area (Å²) in [5.41, 5.74) is 2.72. The number of benzene rings is 1. The quantitative estimate of drug-likeness (QED) is 0.892. The summed E-state index contributed by atoms with van der Waals surface area (Å²) in [6.07, 6.45) is 4.73. The van der Waals surface area contributed by atoms with Gasteiger partial charge in [0, 0.05) is 10.3 Å². The Morgan fingerprint density at radius 2 is 2.24 bits per heavy atom. The van der Waals surface area contributed by atoms with E-state index in [1.807, 2.05) is 11.8 Å². The van der Waals surface area contributed by atoms with Crippen molar-refractivity contribution in [2.24, 2.45) is 0 Å². The number of aliphatic carboxylic acids is 1. The van der Waals surface area contributed by atoms with Crippen LogP contribution in [0.25, 0.3) is 0 Å². The first-order valence-electron chi connectivity index (χ1n) is 6.18. The van der Waals surface area contributed by atoms with E-state index in [1.165, 1.54) is 28.2 Å². The Hall–Kier alpha value is -0.960. The molecule has 1 N–H and O–H groups in total. The zero-order chi connectivity index (χ0) is 11.9. The van der Waals surface area contributed by atoms with Crippen LogP contribution in [0, 0.1) is 0 Å². The number of hydrogen-bond donors (Lipinski definition) is 1. The van der Waals surface area contributed by atoms with Crippen molar-refractivity contribution >= 4 is 17.7 Å². The Balaban J connectivity index is 2.00. The summed E-state index contributed by atoms with van der Waals surface area (Å²) in [6, 6.07) is 6.43. The molecule has 0 amide bonds. The van der Waals surface area contributed by atoms with Crippen molar-refractivity contribution in [3.63, 3.8) is 0 Å². The van der Waals surface area contributed by atoms with Crippen molar-refractivity contribution in [2.75, 3.05) is 5.75 Å². The largest absolute Gasteiger partial charge is 0.481 e. The second-order valence-corrected chi connectivity index (χ2v) is 6.22. The molecule has 17 heavy (non-hydrogen) atoms. The number of carboxylic acids is 1. The van der Waals surface area contributed by atoms with Crippen LogP contribution in [0.2, 0.25) is 0 Å². The third-order valence-corrected chi connectivity index (χ3v) is 5.06. The molecular weight excluding hydrogens is 232 g/mol. The third kappa shape index (κ3) is 1.97. The molecule has 1 aromatic rings. The Bertz CT molecular complexity index is 463. The van der Waals surface area contributed by atoms with Gasteiger partial charge in [-0.05, 0) is 48.6 Å². The van der Waals surface area contributed by atoms with Gasteiger partial charge in [0.05, 0.1) is 6.42 Å². The lowest BCUT2D eigenvalue weighted by Gasteiger charge is -2.23. The van der Waals surface area contributed by atoms with E-state index in [1.54, 1.807) is 0 Å². The topological polar surface area (TPSA) is 37.3 Å². The van der Waals surface area contributed by atoms with Crippen LogP contribution in [0.4, 0.5) is 0 Å². The van der Waals surface area contributed by atoms with Crippen LogP contribution in [-0.2, 0) is 16.6 Å². The summed E-state index contributed by atoms with van der Waals surface area (Å²) in [5, 5.41) is 9.05. The molecule has 90 valence electrons. The summed E-state index contributed by atoms with van der Waals surface area (Å²) in [5.74, 6) is 0.533. The van der Waals surface area contributed by atoms with Crippen molar-refractivity contribution in [1.29, 1.82) is 0 Å². The van der Waals surface area contributed by atoms with Crippen molar-refractivity contribution in [3.05, 3.63) is 29.3 Å². The minimum Gasteiger partial charge on any atom is -0.481 e. The van der Waals surface area contributed by atoms with Crippen molar-refractivity contribution in [3.8, 4) is 0 Å². The highest BCUT2D eigenvalue weighted by Crippen LogP contribution is 2.53. The molecule has 1 aliphatic carbocycles. The van der Waals surface area contributed by atoms with Crippen LogP contribution >= 0.6 is 11.8 Å². The fourth-order valence-corrected chi connectivity index (χ4v) is 3.94. The van der Waals surface area contributed by atoms with E-state index in [-0.39, 0.29) is 5.41 Å². The summed E-state index contributed by atoms with van der Waals surface area (Å²) >= 11 is 1.92. The van der Waals surface area contributed by atoms with Gasteiger partial charge < -0.3 is 5.11 Å². The molecule has 1 aromatic carbocycles. The molecule has 0 saturated heterocycles. The molecule has 0 aromatic heterocycles. The number of hydrogen-bond acceptors (Lipinski definition) is 2. The molecule has 1 aliphatic heterocycles. The highest BCUT2D eigenvalue weighted by molar-refractivity contribution is 7.99. The minimum atomic E-state index is -0.663. The third-order valence-electron chi connectivity index (χ3n) is 3.88. The van der Waals surface area contributed by atoms with Gasteiger partial charge in [-0.3, -0.25) is 4.79 Å². The van der Waals surface area contributed by atoms with Crippen molar-refractivity contribution in [1.82, 2.24) is 0 Å². The molecule has 1 heterocycles. The molecule has 1 saturated carbocycles. The van der Waals surface area contributed by atoms with Crippen LogP contribution in [0.1, 0.15) is 36.8 Å². The van der Waals surface area contributed by atoms with E-state index >= 15 is 0 Å². The summed E-state index contributed by atoms with van der Waals surface area (Å²) in [6.45, 7) is 0. The lowest BCUT2D eigenvalue weighted by Crippen LogP contribution is -2.16. The number of carbonyl (C=O) groups is 1. The van der Waals surface area contributed by atoms with Gasteiger partial charge in [-0.1, -0.05) is 12.1 Å². The second-order valence-electron chi connectivity index (χ2n) is 5.09. The Morgan fingerprint density at radius 3 is 2.94 bits per heavy atom. The molecular formula is C14H16O2S. The maximum absolute atomic E-state index is 11.0. The molecule has 0 atom stereocenters. The molecule has 0 radical (unpaired) electrons. The van der Waals surface area contributed by atoms with E-state index in [2.05, 4.69) is 18.2 Å². The van der Waals surface area contributed by atoms with Gasteiger partial charge in [-0.2, -0.15) is 0 Å². The van der Waals surface area contributed by atoms with Crippen LogP contribution in [-0.4, -0.2) is 16.8 Å². The van der Waals surface area contributed by atoms with Gasteiger partial charge in [-0.25, -0.2) is 0 Å². The van der Waals surface area contributed by atoms with Gasteiger partial charge in [0.1, 0.15) is 0 Å². The average molecular weight is 248 g/mol. The lowest BCUT2D eigenvalue weighted by molar-refractivity contribution is -0.137. The van der Waals surface area contributed by atoms with E-state index < -0.39 is 5.97 Å². The van der Waals surface area contributed by atoms with E-state index in [4.69, 9.17) is 5.11 Å². The average Bonchev–Trinajstić information content (AvgIpc) is 3.08. The lowest BCUT2D eigenvalue weighted by atomic mass is 9.87. The smallest absolute Gasteiger partial charge is 0.304 e. The van der Waals surface area contributed by atoms with Gasteiger partial charge in [0.25, 0.3) is 0 Å². The zero-order valence-corrected chi connectivity index (χ0v) is 10.6. The highest BCUT2D eigenvalue weighted by atomic mass is 32.2. The van der Waals surface area contributed by atoms with Gasteiger partial charge in [0.2, 0.25) is 0 Å². The van der Waals surface area contributed by atoms with Crippen molar-refractivity contribution in [2.45, 2.75) is 42.4 Å². The number of rotatable bonds is 3. The molecule has 3 rings (SSSR count). The first-order valence-corrected chi connectivity index (χ1v) is 7.17. The minimum absolute atomic E-state index is 0.0327. The maximum Gasteiger partial charge on any atom is 0.304 e. The predicted octanol–water partition coefficient (Wildman–Crippen LogP) is 3.23. The van der Waals surface area contributed by atoms with Crippen LogP contribution < -0.4 is 0 Å². The highest BCUT2D eigenvalue weighted by Gasteiger charge is 2.47. The van der Waals surface area contributed by atoms with Gasteiger partial charge in [-0.15, -0.1) is 11.8 Å². The standard InChI is InChI=1S/C14H16O2S/c15-13(16)9-14(6-7-14)11-4-1-5-12-10(11)3-2-8-17-12/h1,4-5H,2-3,6-9H2,(H,15,16). The molecule has 0 unspecified atom stereocenters. The Kier molecular flexibility index (Phi) is 2.66. The molecule has 0 bridgehead atoms. The van der Waals surface area contributed by atoms with Crippen LogP contribution in [0.3, 0.4) is 0 Å². The number of thioether (sulfide) groups is 1. The molecule has 0 spiro atoms. The number of fused-ring (bicyclic) bond motifs is 1. The first-order chi connectivity index (χ1) is 8.21. The first kappa shape index (κ1) is 11.1. The summed E-state index contributed by atoms with van der Waals surface area (Å²) in [4.78, 5) is 12.4. The SMILES string of the molecule is O=C(O)CC1(c2cccc3c2CCCS3)CC1. The molecule has 1 fully saturated rings. The zero-order valence-electron chi connectivity index (χ0n) is 9.74. The van der Waals surface area contributed by atoms with E-state index in [0.29, 0.717) is 6.42 Å².